The third-order valence-electron chi connectivity index (χ3n) is 3.76. The van der Waals surface area contributed by atoms with E-state index in [0.717, 1.165) is 27.6 Å². The SMILES string of the molecule is BrCC1=CSc2n(nc(-c3ccccc3)[n+]2-c2ccccc2)[Te]1(Br)Br. The molecule has 1 aromatic heterocycles. The summed E-state index contributed by atoms with van der Waals surface area (Å²) in [5.41, 5.74) is 2.22. The molecule has 0 saturated heterocycles. The number of rotatable bonds is 3. The summed E-state index contributed by atoms with van der Waals surface area (Å²) in [4.78, 5) is 0. The summed E-state index contributed by atoms with van der Waals surface area (Å²) in [6, 6.07) is 20.7. The van der Waals surface area contributed by atoms with Crippen LogP contribution in [0.2, 0.25) is 0 Å². The van der Waals surface area contributed by atoms with E-state index in [1.54, 1.807) is 11.8 Å². The van der Waals surface area contributed by atoms with Crippen LogP contribution in [0, 0.1) is 0 Å². The predicted octanol–water partition coefficient (Wildman–Crippen LogP) is 5.33. The number of aromatic nitrogens is 3. The Labute approximate surface area is 175 Å². The second-order valence-electron chi connectivity index (χ2n) is 5.29. The second-order valence-corrected chi connectivity index (χ2v) is 30.1. The Morgan fingerprint density at radius 1 is 1.00 bits per heavy atom. The quantitative estimate of drug-likeness (QED) is 0.216. The van der Waals surface area contributed by atoms with Crippen molar-refractivity contribution in [3.63, 3.8) is 0 Å². The van der Waals surface area contributed by atoms with Gasteiger partial charge < -0.3 is 0 Å². The second kappa shape index (κ2) is 7.49. The number of hydrogen-bond donors (Lipinski definition) is 0. The van der Waals surface area contributed by atoms with Crippen LogP contribution in [0.1, 0.15) is 0 Å². The first-order valence-electron chi connectivity index (χ1n) is 7.43. The first-order valence-corrected chi connectivity index (χ1v) is 22.1. The Kier molecular flexibility index (Phi) is 5.48. The van der Waals surface area contributed by atoms with Crippen molar-refractivity contribution in [2.24, 2.45) is 0 Å². The standard InChI is InChI=1S/C17H13Br3N3STe/c18-11-15-12-24-17-22(14-9-5-2-6-10-14)16(13-7-3-1-4-8-13)21-23(17)25(15,19)20/h1-10,12H,11H2/q+1. The fourth-order valence-corrected chi connectivity index (χ4v) is 23.6. The molecule has 4 rings (SSSR count). The maximum absolute atomic E-state index is 5.04. The molecule has 128 valence electrons. The Bertz CT molecular complexity index is 943. The van der Waals surface area contributed by atoms with Crippen molar-refractivity contribution in [1.82, 2.24) is 8.03 Å². The van der Waals surface area contributed by atoms with Gasteiger partial charge in [-0.3, -0.25) is 0 Å². The van der Waals surface area contributed by atoms with E-state index in [1.807, 2.05) is 12.1 Å². The van der Waals surface area contributed by atoms with Gasteiger partial charge in [0.1, 0.15) is 0 Å². The zero-order valence-corrected chi connectivity index (χ0v) is 20.8. The number of nitrogens with zero attached hydrogens (tertiary/aromatic N) is 3. The summed E-state index contributed by atoms with van der Waals surface area (Å²) in [5.74, 6) is 0.952. The van der Waals surface area contributed by atoms with Crippen LogP contribution < -0.4 is 4.57 Å². The summed E-state index contributed by atoms with van der Waals surface area (Å²) < 4.78 is 5.77. The van der Waals surface area contributed by atoms with E-state index in [2.05, 4.69) is 103 Å². The Balaban J connectivity index is 2.00. The van der Waals surface area contributed by atoms with Crippen LogP contribution in [0.3, 0.4) is 0 Å². The maximum atomic E-state index is 5.04. The van der Waals surface area contributed by atoms with Crippen molar-refractivity contribution in [3.8, 4) is 17.1 Å². The number of hydrogen-bond acceptors (Lipinski definition) is 2. The number of thioether (sulfide) groups is 1. The summed E-state index contributed by atoms with van der Waals surface area (Å²) >= 11 is 10.5. The van der Waals surface area contributed by atoms with E-state index in [-0.39, 0.29) is 0 Å². The van der Waals surface area contributed by atoms with Crippen molar-refractivity contribution in [2.75, 3.05) is 5.33 Å². The Morgan fingerprint density at radius 3 is 2.28 bits per heavy atom. The van der Waals surface area contributed by atoms with E-state index < -0.39 is 14.0 Å². The summed E-state index contributed by atoms with van der Waals surface area (Å²) in [6.07, 6.45) is 0. The van der Waals surface area contributed by atoms with E-state index in [0.29, 0.717) is 0 Å². The fourth-order valence-electron chi connectivity index (χ4n) is 2.57. The molecule has 2 aromatic carbocycles. The van der Waals surface area contributed by atoms with Gasteiger partial charge in [0.25, 0.3) is 0 Å². The number of benzene rings is 2. The number of fused-ring (bicyclic) bond motifs is 1. The summed E-state index contributed by atoms with van der Waals surface area (Å²) in [6.45, 7) is 0. The van der Waals surface area contributed by atoms with Gasteiger partial charge in [-0.25, -0.2) is 0 Å². The van der Waals surface area contributed by atoms with Crippen LogP contribution in [-0.2, 0) is 0 Å². The van der Waals surface area contributed by atoms with E-state index >= 15 is 0 Å². The Hall–Kier alpha value is -0.100. The van der Waals surface area contributed by atoms with E-state index in [9.17, 15) is 0 Å². The first-order chi connectivity index (χ1) is 12.1. The molecule has 0 bridgehead atoms. The summed E-state index contributed by atoms with van der Waals surface area (Å²) in [7, 11) is 0. The fraction of sp³-hybridized carbons (Fsp3) is 0.0588. The van der Waals surface area contributed by atoms with Crippen molar-refractivity contribution in [2.45, 2.75) is 5.16 Å². The average molecular weight is 659 g/mol. The predicted molar refractivity (Wildman–Crippen MR) is 116 cm³/mol. The van der Waals surface area contributed by atoms with Gasteiger partial charge in [0, 0.05) is 0 Å². The molecule has 8 heteroatoms. The van der Waals surface area contributed by atoms with Crippen LogP contribution in [0.4, 0.5) is 0 Å². The third kappa shape index (κ3) is 3.30. The Morgan fingerprint density at radius 2 is 1.64 bits per heavy atom. The van der Waals surface area contributed by atoms with Crippen molar-refractivity contribution in [1.29, 1.82) is 0 Å². The minimum absolute atomic E-state index is 0.836. The molecule has 0 spiro atoms. The van der Waals surface area contributed by atoms with Gasteiger partial charge in [0.15, 0.2) is 0 Å². The van der Waals surface area contributed by atoms with Gasteiger partial charge in [0.05, 0.1) is 0 Å². The average Bonchev–Trinajstić information content (AvgIpc) is 3.04. The van der Waals surface area contributed by atoms with Gasteiger partial charge in [0.2, 0.25) is 0 Å². The van der Waals surface area contributed by atoms with Crippen LogP contribution in [0.5, 0.6) is 0 Å². The van der Waals surface area contributed by atoms with Gasteiger partial charge in [-0.1, -0.05) is 0 Å². The molecule has 0 amide bonds. The van der Waals surface area contributed by atoms with Crippen LogP contribution in [0.15, 0.2) is 74.8 Å². The molecular weight excluding hydrogens is 646 g/mol. The topological polar surface area (TPSA) is 21.7 Å². The molecule has 0 saturated carbocycles. The molecule has 3 aromatic rings. The minimum atomic E-state index is -2.83. The molecule has 0 N–H and O–H groups in total. The van der Waals surface area contributed by atoms with Crippen molar-refractivity contribution < 1.29 is 4.57 Å². The van der Waals surface area contributed by atoms with Gasteiger partial charge in [-0.15, -0.1) is 0 Å². The number of halogens is 3. The molecule has 1 aliphatic rings. The molecule has 1 aliphatic heterocycles. The summed E-state index contributed by atoms with van der Waals surface area (Å²) in [5, 5.41) is 9.23. The third-order valence-corrected chi connectivity index (χ3v) is 21.1. The normalized spacial score (nSPS) is 16.8. The van der Waals surface area contributed by atoms with Gasteiger partial charge in [-0.2, -0.15) is 0 Å². The van der Waals surface area contributed by atoms with Crippen LogP contribution in [0.25, 0.3) is 17.1 Å². The molecule has 0 atom stereocenters. The van der Waals surface area contributed by atoms with Crippen LogP contribution >= 0.6 is 53.2 Å². The number of alkyl halides is 1. The molecular formula is C17H13Br3N3STe+. The molecule has 0 unspecified atom stereocenters. The van der Waals surface area contributed by atoms with Gasteiger partial charge in [-0.05, 0) is 0 Å². The zero-order valence-electron chi connectivity index (χ0n) is 12.8. The number of para-hydroxylation sites is 1. The molecule has 0 fully saturated rings. The first kappa shape index (κ1) is 18.3. The molecule has 3 nitrogen and oxygen atoms in total. The van der Waals surface area contributed by atoms with Crippen LogP contribution in [-0.4, -0.2) is 27.4 Å². The van der Waals surface area contributed by atoms with E-state index in [4.69, 9.17) is 5.10 Å². The zero-order chi connectivity index (χ0) is 17.4. The van der Waals surface area contributed by atoms with Crippen molar-refractivity contribution >= 4 is 67.2 Å². The molecule has 0 aliphatic carbocycles. The molecule has 0 radical (unpaired) electrons. The van der Waals surface area contributed by atoms with Gasteiger partial charge >= 0.3 is 177 Å². The van der Waals surface area contributed by atoms with Crippen molar-refractivity contribution in [3.05, 3.63) is 69.7 Å². The molecule has 2 heterocycles. The monoisotopic (exact) mass is 658 g/mol. The van der Waals surface area contributed by atoms with E-state index in [1.165, 1.54) is 3.62 Å². The number of allylic oxidation sites excluding steroid dienone is 1. The molecule has 25 heavy (non-hydrogen) atoms.